The minimum absolute atomic E-state index is 0.0765. The van der Waals surface area contributed by atoms with E-state index in [1.165, 1.54) is 6.07 Å². The number of carbonyl (C=O) groups excluding carboxylic acids is 1. The molecule has 1 aliphatic rings. The summed E-state index contributed by atoms with van der Waals surface area (Å²) in [7, 11) is 5.34. The van der Waals surface area contributed by atoms with Crippen molar-refractivity contribution in [2.24, 2.45) is 4.99 Å². The summed E-state index contributed by atoms with van der Waals surface area (Å²) < 4.78 is 46.0. The average molecular weight is 554 g/mol. The van der Waals surface area contributed by atoms with Crippen molar-refractivity contribution < 1.29 is 22.7 Å². The first kappa shape index (κ1) is 28.6. The fourth-order valence-corrected chi connectivity index (χ4v) is 4.15. The van der Waals surface area contributed by atoms with Crippen LogP contribution in [0.15, 0.2) is 72.0 Å². The summed E-state index contributed by atoms with van der Waals surface area (Å²) in [5.41, 5.74) is 1.56. The van der Waals surface area contributed by atoms with Gasteiger partial charge < -0.3 is 25.6 Å². The highest BCUT2D eigenvalue weighted by atomic mass is 19.4. The Labute approximate surface area is 230 Å². The lowest BCUT2D eigenvalue weighted by atomic mass is 10.1. The molecule has 3 aromatic rings. The number of rotatable bonds is 8. The molecule has 4 N–H and O–H groups in total. The molecule has 1 atom stereocenters. The number of carbonyl (C=O) groups is 1. The number of aliphatic imine (C=N–C) groups is 1. The van der Waals surface area contributed by atoms with Crippen molar-refractivity contribution in [3.05, 3.63) is 89.3 Å². The number of pyridine rings is 1. The molecule has 1 aromatic heterocycles. The third-order valence-electron chi connectivity index (χ3n) is 6.08. The first-order chi connectivity index (χ1) is 19.0. The number of nitrogens with one attached hydrogen (secondary N) is 4. The van der Waals surface area contributed by atoms with E-state index in [9.17, 15) is 18.0 Å². The quantitative estimate of drug-likeness (QED) is 0.297. The second-order valence-electron chi connectivity index (χ2n) is 9.37. The van der Waals surface area contributed by atoms with Crippen molar-refractivity contribution in [1.82, 2.24) is 20.5 Å². The Balaban J connectivity index is 1.51. The fourth-order valence-electron chi connectivity index (χ4n) is 4.15. The number of allylic oxidation sites excluding steroid dienone is 1. The van der Waals surface area contributed by atoms with Crippen LogP contribution in [-0.2, 0) is 18.5 Å². The van der Waals surface area contributed by atoms with E-state index in [1.807, 2.05) is 6.07 Å². The monoisotopic (exact) mass is 553 g/mol. The van der Waals surface area contributed by atoms with Gasteiger partial charge in [-0.15, -0.1) is 0 Å². The van der Waals surface area contributed by atoms with E-state index in [0.717, 1.165) is 12.1 Å². The Morgan fingerprint density at radius 1 is 1.12 bits per heavy atom. The van der Waals surface area contributed by atoms with Crippen LogP contribution in [0.3, 0.4) is 0 Å². The predicted octanol–water partition coefficient (Wildman–Crippen LogP) is 5.42. The van der Waals surface area contributed by atoms with Crippen molar-refractivity contribution in [3.63, 3.8) is 0 Å². The molecular formula is C28H30F3N7O2. The Bertz CT molecular complexity index is 1440. The van der Waals surface area contributed by atoms with Gasteiger partial charge in [-0.1, -0.05) is 6.07 Å². The van der Waals surface area contributed by atoms with Crippen molar-refractivity contribution in [2.75, 3.05) is 31.8 Å². The highest BCUT2D eigenvalue weighted by Crippen LogP contribution is 2.34. The van der Waals surface area contributed by atoms with Gasteiger partial charge in [-0.3, -0.25) is 5.32 Å². The largest absolute Gasteiger partial charge is 0.438 e. The highest BCUT2D eigenvalue weighted by molar-refractivity contribution is 6.00. The molecule has 0 saturated heterocycles. The smallest absolute Gasteiger partial charge is 0.416 e. The van der Waals surface area contributed by atoms with E-state index in [1.54, 1.807) is 81.9 Å². The second kappa shape index (κ2) is 11.8. The first-order valence-corrected chi connectivity index (χ1v) is 12.3. The van der Waals surface area contributed by atoms with Crippen molar-refractivity contribution >= 4 is 23.6 Å². The Hall–Kier alpha value is -4.42. The third kappa shape index (κ3) is 6.58. The van der Waals surface area contributed by atoms with Gasteiger partial charge in [0.15, 0.2) is 0 Å². The Morgan fingerprint density at radius 3 is 2.58 bits per heavy atom. The molecule has 2 aromatic carbocycles. The van der Waals surface area contributed by atoms with Gasteiger partial charge in [-0.05, 0) is 87.7 Å². The molecule has 2 heterocycles. The molecule has 12 heteroatoms. The van der Waals surface area contributed by atoms with E-state index >= 15 is 0 Å². The minimum atomic E-state index is -4.53. The number of halogens is 3. The van der Waals surface area contributed by atoms with E-state index in [4.69, 9.17) is 4.74 Å². The van der Waals surface area contributed by atoms with Gasteiger partial charge in [0.2, 0.25) is 11.7 Å². The van der Waals surface area contributed by atoms with Crippen molar-refractivity contribution in [2.45, 2.75) is 25.4 Å². The van der Waals surface area contributed by atoms with Crippen LogP contribution in [0.1, 0.15) is 22.3 Å². The zero-order chi connectivity index (χ0) is 28.9. The molecule has 210 valence electrons. The molecule has 0 spiro atoms. The van der Waals surface area contributed by atoms with Crippen LogP contribution >= 0.6 is 0 Å². The molecule has 0 fully saturated rings. The van der Waals surface area contributed by atoms with Crippen LogP contribution < -0.4 is 26.0 Å². The first-order valence-electron chi connectivity index (χ1n) is 12.3. The van der Waals surface area contributed by atoms with Gasteiger partial charge >= 0.3 is 12.2 Å². The molecule has 1 unspecified atom stereocenters. The van der Waals surface area contributed by atoms with Gasteiger partial charge in [0.1, 0.15) is 5.75 Å². The Morgan fingerprint density at radius 2 is 1.93 bits per heavy atom. The summed E-state index contributed by atoms with van der Waals surface area (Å²) in [6, 6.07) is 11.2. The number of anilines is 2. The minimum Gasteiger partial charge on any atom is -0.438 e. The van der Waals surface area contributed by atoms with E-state index < -0.39 is 23.6 Å². The number of hydrogen-bond acceptors (Lipinski definition) is 7. The Kier molecular flexibility index (Phi) is 8.40. The fraction of sp³-hybridized carbons (Fsp3) is 0.250. The molecule has 9 nitrogen and oxygen atoms in total. The molecule has 0 saturated carbocycles. The number of ether oxygens (including phenoxy) is 1. The summed E-state index contributed by atoms with van der Waals surface area (Å²) in [5, 5.41) is 11.6. The van der Waals surface area contributed by atoms with Gasteiger partial charge in [0.25, 0.3) is 0 Å². The zero-order valence-corrected chi connectivity index (χ0v) is 22.4. The van der Waals surface area contributed by atoms with E-state index in [-0.39, 0.29) is 5.69 Å². The van der Waals surface area contributed by atoms with Crippen LogP contribution in [-0.4, -0.2) is 43.3 Å². The number of urea groups is 1. The third-order valence-corrected chi connectivity index (χ3v) is 6.08. The van der Waals surface area contributed by atoms with Crippen LogP contribution in [0.2, 0.25) is 0 Å². The predicted molar refractivity (Wildman–Crippen MR) is 148 cm³/mol. The summed E-state index contributed by atoms with van der Waals surface area (Å²) >= 11 is 0. The number of nitrogens with zero attached hydrogens (tertiary/aromatic N) is 3. The number of aromatic nitrogens is 1. The molecule has 0 radical (unpaired) electrons. The highest BCUT2D eigenvalue weighted by Gasteiger charge is 2.33. The van der Waals surface area contributed by atoms with Gasteiger partial charge in [-0.25, -0.2) is 14.8 Å². The molecule has 4 rings (SSSR count). The van der Waals surface area contributed by atoms with E-state index in [2.05, 4.69) is 31.2 Å². The summed E-state index contributed by atoms with van der Waals surface area (Å²) in [6.45, 7) is 2.15. The maximum atomic E-state index is 13.3. The molecule has 0 aliphatic carbocycles. The lowest BCUT2D eigenvalue weighted by Crippen LogP contribution is -2.50. The lowest BCUT2D eigenvalue weighted by Gasteiger charge is -2.32. The average Bonchev–Trinajstić information content (AvgIpc) is 2.91. The van der Waals surface area contributed by atoms with Crippen LogP contribution in [0, 0.1) is 6.92 Å². The van der Waals surface area contributed by atoms with Gasteiger partial charge in [-0.2, -0.15) is 13.2 Å². The number of benzene rings is 2. The van der Waals surface area contributed by atoms with Crippen molar-refractivity contribution in [3.8, 4) is 11.6 Å². The summed E-state index contributed by atoms with van der Waals surface area (Å²) in [4.78, 5) is 23.5. The maximum absolute atomic E-state index is 13.3. The lowest BCUT2D eigenvalue weighted by molar-refractivity contribution is -0.137. The summed E-state index contributed by atoms with van der Waals surface area (Å²) in [5.74, 6) is -0.129. The number of amides is 2. The second-order valence-corrected chi connectivity index (χ2v) is 9.37. The number of aryl methyl sites for hydroxylation is 1. The van der Waals surface area contributed by atoms with Crippen molar-refractivity contribution in [1.29, 1.82) is 0 Å². The van der Waals surface area contributed by atoms with Crippen LogP contribution in [0.5, 0.6) is 11.6 Å². The van der Waals surface area contributed by atoms with E-state index in [0.29, 0.717) is 40.6 Å². The van der Waals surface area contributed by atoms with Gasteiger partial charge in [0, 0.05) is 36.5 Å². The molecule has 1 aliphatic heterocycles. The summed E-state index contributed by atoms with van der Waals surface area (Å²) in [6.07, 6.45) is 2.28. The normalized spacial score (nSPS) is 16.5. The van der Waals surface area contributed by atoms with Crippen LogP contribution in [0.25, 0.3) is 0 Å². The molecule has 0 bridgehead atoms. The zero-order valence-electron chi connectivity index (χ0n) is 22.4. The van der Waals surface area contributed by atoms with Gasteiger partial charge in [0.05, 0.1) is 11.1 Å². The number of hydrogen-bond donors (Lipinski definition) is 4. The number of alkyl halides is 3. The standard InChI is InChI=1S/C28H30F3N7O2/c1-18-15-21(36-26(39)37-23-16-20(27(29,30)31)9-8-19(23)17-38(3)4)10-11-24(18)40-25-22(7-5-12-33-25)28(32-2)34-13-6-14-35-28/h5-16,32,34H,17H2,1-4H3,(H2,36,37,39). The molecule has 2 amide bonds. The maximum Gasteiger partial charge on any atom is 0.416 e. The molecule has 40 heavy (non-hydrogen) atoms. The van der Waals surface area contributed by atoms with Crippen LogP contribution in [0.4, 0.5) is 29.3 Å². The topological polar surface area (TPSA) is 103 Å². The SMILES string of the molecule is CNC1(c2cccnc2Oc2ccc(NC(=O)Nc3cc(C(F)(F)F)ccc3CN(C)C)cc2C)N=CC=CN1. The molecular weight excluding hydrogens is 523 g/mol.